The molecule has 0 aromatic carbocycles. The van der Waals surface area contributed by atoms with Crippen LogP contribution in [0.5, 0.6) is 0 Å². The monoisotopic (exact) mass is 330 g/mol. The lowest BCUT2D eigenvalue weighted by atomic mass is 9.93. The van der Waals surface area contributed by atoms with Crippen LogP contribution in [0.3, 0.4) is 0 Å². The predicted molar refractivity (Wildman–Crippen MR) is 93.8 cm³/mol. The summed E-state index contributed by atoms with van der Waals surface area (Å²) in [6, 6.07) is 3.54. The van der Waals surface area contributed by atoms with Gasteiger partial charge in [-0.05, 0) is 57.5 Å². The fourth-order valence-electron chi connectivity index (χ4n) is 3.20. The van der Waals surface area contributed by atoms with Crippen LogP contribution in [0.25, 0.3) is 5.65 Å². The van der Waals surface area contributed by atoms with Crippen LogP contribution < -0.4 is 5.73 Å². The fourth-order valence-corrected chi connectivity index (χ4v) is 3.20. The van der Waals surface area contributed by atoms with Crippen molar-refractivity contribution in [2.45, 2.75) is 26.2 Å². The van der Waals surface area contributed by atoms with Crippen LogP contribution in [0.2, 0.25) is 0 Å². The molecule has 7 nitrogen and oxygen atoms in total. The van der Waals surface area contributed by atoms with Gasteiger partial charge in [0, 0.05) is 24.8 Å². The quantitative estimate of drug-likeness (QED) is 0.899. The van der Waals surface area contributed by atoms with Gasteiger partial charge in [-0.1, -0.05) is 6.92 Å². The van der Waals surface area contributed by atoms with Gasteiger partial charge >= 0.3 is 0 Å². The number of aromatic nitrogens is 3. The van der Waals surface area contributed by atoms with Crippen molar-refractivity contribution in [3.8, 4) is 0 Å². The molecule has 0 spiro atoms. The Morgan fingerprint density at radius 3 is 2.88 bits per heavy atom. The van der Waals surface area contributed by atoms with E-state index >= 15 is 0 Å². The number of hydrogen-bond donors (Lipinski definition) is 1. The number of pyridine rings is 1. The van der Waals surface area contributed by atoms with Crippen molar-refractivity contribution in [3.05, 3.63) is 23.9 Å². The van der Waals surface area contributed by atoms with E-state index in [0.717, 1.165) is 44.9 Å². The lowest BCUT2D eigenvalue weighted by molar-refractivity contribution is 0.0682. The first-order valence-corrected chi connectivity index (χ1v) is 8.66. The van der Waals surface area contributed by atoms with Crippen molar-refractivity contribution in [2.24, 2.45) is 5.92 Å². The van der Waals surface area contributed by atoms with Gasteiger partial charge in [-0.2, -0.15) is 4.98 Å². The molecule has 1 aliphatic heterocycles. The zero-order valence-electron chi connectivity index (χ0n) is 14.5. The van der Waals surface area contributed by atoms with Crippen molar-refractivity contribution >= 4 is 17.5 Å². The summed E-state index contributed by atoms with van der Waals surface area (Å²) in [6.45, 7) is 6.08. The van der Waals surface area contributed by atoms with Crippen LogP contribution in [-0.4, -0.2) is 63.5 Å². The van der Waals surface area contributed by atoms with Gasteiger partial charge in [0.1, 0.15) is 0 Å². The number of amides is 1. The van der Waals surface area contributed by atoms with Crippen molar-refractivity contribution < 1.29 is 4.79 Å². The highest BCUT2D eigenvalue weighted by molar-refractivity contribution is 5.95. The number of carbonyl (C=O) groups excluding carboxylic acids is 1. The zero-order chi connectivity index (χ0) is 17.1. The normalized spacial score (nSPS) is 16.2. The first-order valence-electron chi connectivity index (χ1n) is 8.66. The maximum Gasteiger partial charge on any atom is 0.254 e. The third-order valence-electron chi connectivity index (χ3n) is 4.96. The average Bonchev–Trinajstić information content (AvgIpc) is 2.98. The summed E-state index contributed by atoms with van der Waals surface area (Å²) in [7, 11) is 2.16. The molecule has 0 radical (unpaired) electrons. The fraction of sp³-hybridized carbons (Fsp3) is 0.588. The summed E-state index contributed by atoms with van der Waals surface area (Å²) in [5.74, 6) is 1.02. The Hall–Kier alpha value is -2.15. The van der Waals surface area contributed by atoms with Crippen molar-refractivity contribution in [1.82, 2.24) is 24.4 Å². The molecule has 0 saturated carbocycles. The SMILES string of the molecule is CCN(C)CCC1CCN(C(=O)c2ccn3nc(N)nc3c2)CC1. The van der Waals surface area contributed by atoms with Gasteiger partial charge in [-0.3, -0.25) is 4.79 Å². The molecule has 0 aliphatic carbocycles. The average molecular weight is 330 g/mol. The Morgan fingerprint density at radius 2 is 2.17 bits per heavy atom. The van der Waals surface area contributed by atoms with Gasteiger partial charge < -0.3 is 15.5 Å². The Balaban J connectivity index is 1.58. The van der Waals surface area contributed by atoms with E-state index in [1.54, 1.807) is 22.8 Å². The number of nitrogens with two attached hydrogens (primary N) is 1. The van der Waals surface area contributed by atoms with Crippen molar-refractivity contribution in [1.29, 1.82) is 0 Å². The van der Waals surface area contributed by atoms with Crippen LogP contribution in [0.4, 0.5) is 5.95 Å². The molecule has 130 valence electrons. The Morgan fingerprint density at radius 1 is 1.42 bits per heavy atom. The first kappa shape index (κ1) is 16.7. The molecule has 0 bridgehead atoms. The number of carbonyl (C=O) groups is 1. The lowest BCUT2D eigenvalue weighted by Crippen LogP contribution is -2.39. The van der Waals surface area contributed by atoms with Gasteiger partial charge in [-0.25, -0.2) is 4.52 Å². The largest absolute Gasteiger partial charge is 0.366 e. The number of nitrogens with zero attached hydrogens (tertiary/aromatic N) is 5. The standard InChI is InChI=1S/C17H26N6O/c1-3-21(2)8-4-13-5-9-22(10-6-13)16(24)14-7-11-23-15(12-14)19-17(18)20-23/h7,11-13H,3-6,8-10H2,1-2H3,(H2,18,20). The van der Waals surface area contributed by atoms with Gasteiger partial charge in [0.15, 0.2) is 5.65 Å². The Bertz CT molecular complexity index is 704. The lowest BCUT2D eigenvalue weighted by Gasteiger charge is -2.32. The van der Waals surface area contributed by atoms with Crippen molar-refractivity contribution in [2.75, 3.05) is 39.0 Å². The number of fused-ring (bicyclic) bond motifs is 1. The van der Waals surface area contributed by atoms with Gasteiger partial charge in [0.05, 0.1) is 0 Å². The van der Waals surface area contributed by atoms with Gasteiger partial charge in [0.25, 0.3) is 5.91 Å². The second-order valence-corrected chi connectivity index (χ2v) is 6.61. The number of nitrogen functional groups attached to an aromatic ring is 1. The number of anilines is 1. The number of likely N-dealkylation sites (tertiary alicyclic amines) is 1. The minimum absolute atomic E-state index is 0.0724. The van der Waals surface area contributed by atoms with E-state index in [-0.39, 0.29) is 11.9 Å². The highest BCUT2D eigenvalue weighted by Crippen LogP contribution is 2.22. The van der Waals surface area contributed by atoms with Crippen LogP contribution >= 0.6 is 0 Å². The second-order valence-electron chi connectivity index (χ2n) is 6.61. The third-order valence-corrected chi connectivity index (χ3v) is 4.96. The topological polar surface area (TPSA) is 79.8 Å². The van der Waals surface area contributed by atoms with Crippen LogP contribution in [0.1, 0.15) is 36.5 Å². The minimum Gasteiger partial charge on any atom is -0.366 e. The molecule has 3 heterocycles. The molecule has 1 fully saturated rings. The summed E-state index contributed by atoms with van der Waals surface area (Å²) >= 11 is 0. The molecule has 3 rings (SSSR count). The summed E-state index contributed by atoms with van der Waals surface area (Å²) in [4.78, 5) is 21.1. The maximum absolute atomic E-state index is 12.7. The Labute approximate surface area is 142 Å². The molecule has 24 heavy (non-hydrogen) atoms. The molecule has 7 heteroatoms. The minimum atomic E-state index is 0.0724. The van der Waals surface area contributed by atoms with Gasteiger partial charge in [-0.15, -0.1) is 5.10 Å². The molecule has 2 aromatic rings. The van der Waals surface area contributed by atoms with E-state index < -0.39 is 0 Å². The third kappa shape index (κ3) is 3.67. The smallest absolute Gasteiger partial charge is 0.254 e. The van der Waals surface area contributed by atoms with Gasteiger partial charge in [0.2, 0.25) is 5.95 Å². The predicted octanol–water partition coefficient (Wildman–Crippen LogP) is 1.51. The van der Waals surface area contributed by atoms with E-state index in [9.17, 15) is 4.79 Å². The molecule has 1 saturated heterocycles. The number of hydrogen-bond acceptors (Lipinski definition) is 5. The summed E-state index contributed by atoms with van der Waals surface area (Å²) in [6.07, 6.45) is 5.13. The van der Waals surface area contributed by atoms with E-state index in [4.69, 9.17) is 5.73 Å². The molecule has 2 N–H and O–H groups in total. The number of rotatable bonds is 5. The highest BCUT2D eigenvalue weighted by Gasteiger charge is 2.24. The van der Waals surface area contributed by atoms with Crippen LogP contribution in [0, 0.1) is 5.92 Å². The summed E-state index contributed by atoms with van der Waals surface area (Å²) < 4.78 is 1.59. The van der Waals surface area contributed by atoms with Crippen molar-refractivity contribution in [3.63, 3.8) is 0 Å². The van der Waals surface area contributed by atoms with Crippen LogP contribution in [-0.2, 0) is 0 Å². The highest BCUT2D eigenvalue weighted by atomic mass is 16.2. The zero-order valence-corrected chi connectivity index (χ0v) is 14.5. The molecule has 1 amide bonds. The molecule has 2 aromatic heterocycles. The maximum atomic E-state index is 12.7. The van der Waals surface area contributed by atoms with Crippen LogP contribution in [0.15, 0.2) is 18.3 Å². The van der Waals surface area contributed by atoms with E-state index in [2.05, 4.69) is 29.0 Å². The van der Waals surface area contributed by atoms with E-state index in [1.165, 1.54) is 6.42 Å². The Kier molecular flexibility index (Phi) is 4.99. The first-order chi connectivity index (χ1) is 11.6. The number of piperidine rings is 1. The molecule has 1 aliphatic rings. The summed E-state index contributed by atoms with van der Waals surface area (Å²) in [5, 5.41) is 4.03. The van der Waals surface area contributed by atoms with E-state index in [1.807, 2.05) is 4.90 Å². The molecule has 0 atom stereocenters. The molecular formula is C17H26N6O. The van der Waals surface area contributed by atoms with E-state index in [0.29, 0.717) is 11.2 Å². The second kappa shape index (κ2) is 7.17. The molecule has 0 unspecified atom stereocenters. The summed E-state index contributed by atoms with van der Waals surface area (Å²) in [5.41, 5.74) is 6.85. The molecular weight excluding hydrogens is 304 g/mol.